The van der Waals surface area contributed by atoms with Gasteiger partial charge in [-0.15, -0.1) is 0 Å². The van der Waals surface area contributed by atoms with Crippen molar-refractivity contribution in [2.75, 3.05) is 0 Å². The van der Waals surface area contributed by atoms with Gasteiger partial charge >= 0.3 is 7.12 Å². The van der Waals surface area contributed by atoms with Crippen LogP contribution >= 0.6 is 0 Å². The van der Waals surface area contributed by atoms with Crippen molar-refractivity contribution in [2.24, 2.45) is 0 Å². The molecule has 1 aliphatic rings. The van der Waals surface area contributed by atoms with Gasteiger partial charge in [-0.05, 0) is 50.5 Å². The number of aromatic nitrogens is 1. The predicted octanol–water partition coefficient (Wildman–Crippen LogP) is 4.81. The lowest BCUT2D eigenvalue weighted by molar-refractivity contribution is 0.00578. The smallest absolute Gasteiger partial charge is 0.399 e. The Morgan fingerprint density at radius 3 is 2.08 bits per heavy atom. The van der Waals surface area contributed by atoms with E-state index < -0.39 is 0 Å². The summed E-state index contributed by atoms with van der Waals surface area (Å²) in [5, 5.41) is 3.66. The van der Waals surface area contributed by atoms with Gasteiger partial charge in [0, 0.05) is 10.8 Å². The molecule has 3 nitrogen and oxygen atoms in total. The van der Waals surface area contributed by atoms with Crippen LogP contribution in [0.5, 0.6) is 0 Å². The van der Waals surface area contributed by atoms with Crippen molar-refractivity contribution >= 4 is 34.3 Å². The van der Waals surface area contributed by atoms with E-state index in [0.717, 1.165) is 16.7 Å². The molecule has 1 saturated heterocycles. The van der Waals surface area contributed by atoms with Gasteiger partial charge in [0.05, 0.1) is 22.4 Å². The molecule has 1 fully saturated rings. The number of fused-ring (bicyclic) bond motifs is 3. The molecule has 0 saturated carbocycles. The molecule has 0 unspecified atom stereocenters. The van der Waals surface area contributed by atoms with E-state index in [1.54, 1.807) is 0 Å². The van der Waals surface area contributed by atoms with Crippen molar-refractivity contribution in [3.63, 3.8) is 0 Å². The quantitative estimate of drug-likeness (QED) is 0.492. The van der Waals surface area contributed by atoms with Gasteiger partial charge < -0.3 is 9.31 Å². The van der Waals surface area contributed by atoms with Crippen molar-refractivity contribution in [2.45, 2.75) is 58.7 Å². The van der Waals surface area contributed by atoms with Crippen molar-refractivity contribution in [1.29, 1.82) is 0 Å². The first kappa shape index (κ1) is 17.5. The normalized spacial score (nSPS) is 19.0. The summed E-state index contributed by atoms with van der Waals surface area (Å²) in [6.07, 6.45) is 0. The lowest BCUT2D eigenvalue weighted by Crippen LogP contribution is -2.41. The highest BCUT2D eigenvalue weighted by molar-refractivity contribution is 6.62. The lowest BCUT2D eigenvalue weighted by atomic mass is 9.78. The molecule has 0 aliphatic carbocycles. The average Bonchev–Trinajstić information content (AvgIpc) is 2.81. The molecule has 26 heavy (non-hydrogen) atoms. The van der Waals surface area contributed by atoms with E-state index >= 15 is 0 Å². The Bertz CT molecular complexity index is 978. The topological polar surface area (TPSA) is 31.4 Å². The zero-order valence-electron chi connectivity index (χ0n) is 16.5. The number of hydrogen-bond acceptors (Lipinski definition) is 3. The molecule has 0 N–H and O–H groups in total. The maximum Gasteiger partial charge on any atom is 0.494 e. The van der Waals surface area contributed by atoms with E-state index in [2.05, 4.69) is 84.0 Å². The van der Waals surface area contributed by atoms with Crippen LogP contribution in [0, 0.1) is 0 Å². The van der Waals surface area contributed by atoms with Gasteiger partial charge in [-0.25, -0.2) is 0 Å². The van der Waals surface area contributed by atoms with Crippen LogP contribution in [-0.4, -0.2) is 23.3 Å². The zero-order valence-corrected chi connectivity index (χ0v) is 16.5. The third kappa shape index (κ3) is 2.63. The SMILES string of the molecule is CC(C)c1nc2cc(B3OC(C)(C)C(C)(C)O3)ccc2c2ccccc12. The Hall–Kier alpha value is -1.91. The summed E-state index contributed by atoms with van der Waals surface area (Å²) in [5.74, 6) is 0.366. The molecule has 0 radical (unpaired) electrons. The fraction of sp³-hybridized carbons (Fsp3) is 0.409. The second-order valence-electron chi connectivity index (χ2n) is 8.56. The molecule has 3 aromatic rings. The Balaban J connectivity index is 1.87. The number of hydrogen-bond donors (Lipinski definition) is 0. The highest BCUT2D eigenvalue weighted by atomic mass is 16.7. The van der Waals surface area contributed by atoms with E-state index in [1.165, 1.54) is 16.2 Å². The minimum Gasteiger partial charge on any atom is -0.399 e. The van der Waals surface area contributed by atoms with Gasteiger partial charge in [-0.1, -0.05) is 50.2 Å². The largest absolute Gasteiger partial charge is 0.494 e. The van der Waals surface area contributed by atoms with E-state index in [-0.39, 0.29) is 18.3 Å². The van der Waals surface area contributed by atoms with Crippen molar-refractivity contribution in [3.8, 4) is 0 Å². The molecular weight excluding hydrogens is 321 g/mol. The minimum absolute atomic E-state index is 0.341. The van der Waals surface area contributed by atoms with Gasteiger partial charge in [0.25, 0.3) is 0 Å². The summed E-state index contributed by atoms with van der Waals surface area (Å²) in [5.41, 5.74) is 2.48. The van der Waals surface area contributed by atoms with Crippen molar-refractivity contribution in [1.82, 2.24) is 4.98 Å². The van der Waals surface area contributed by atoms with E-state index in [1.807, 2.05) is 0 Å². The van der Waals surface area contributed by atoms with E-state index in [0.29, 0.717) is 5.92 Å². The van der Waals surface area contributed by atoms with Gasteiger partial charge in [0.15, 0.2) is 0 Å². The molecule has 4 rings (SSSR count). The standard InChI is InChI=1S/C22H26BNO2/c1-14(2)20-18-10-8-7-9-16(18)17-12-11-15(13-19(17)24-20)23-25-21(3,4)22(5,6)26-23/h7-14H,1-6H3. The summed E-state index contributed by atoms with van der Waals surface area (Å²) in [4.78, 5) is 5.00. The van der Waals surface area contributed by atoms with Crippen LogP contribution in [0.4, 0.5) is 0 Å². The van der Waals surface area contributed by atoms with Crippen LogP contribution in [-0.2, 0) is 9.31 Å². The number of pyridine rings is 1. The molecule has 0 bridgehead atoms. The zero-order chi connectivity index (χ0) is 18.7. The van der Waals surface area contributed by atoms with Gasteiger partial charge in [0.2, 0.25) is 0 Å². The van der Waals surface area contributed by atoms with Crippen molar-refractivity contribution < 1.29 is 9.31 Å². The van der Waals surface area contributed by atoms with Gasteiger partial charge in [0.1, 0.15) is 0 Å². The van der Waals surface area contributed by atoms with Crippen LogP contribution in [0.25, 0.3) is 21.7 Å². The van der Waals surface area contributed by atoms with Crippen molar-refractivity contribution in [3.05, 3.63) is 48.2 Å². The Labute approximate surface area is 155 Å². The Kier molecular flexibility index (Phi) is 3.90. The molecule has 0 amide bonds. The molecule has 2 aromatic carbocycles. The van der Waals surface area contributed by atoms with Crippen LogP contribution < -0.4 is 5.46 Å². The molecule has 1 aromatic heterocycles. The molecule has 2 heterocycles. The second kappa shape index (κ2) is 5.80. The monoisotopic (exact) mass is 347 g/mol. The summed E-state index contributed by atoms with van der Waals surface area (Å²) in [6, 6.07) is 14.9. The summed E-state index contributed by atoms with van der Waals surface area (Å²) >= 11 is 0. The minimum atomic E-state index is -0.361. The third-order valence-electron chi connectivity index (χ3n) is 5.83. The van der Waals surface area contributed by atoms with Gasteiger partial charge in [-0.3, -0.25) is 4.98 Å². The molecular formula is C22H26BNO2. The summed E-state index contributed by atoms with van der Waals surface area (Å²) in [7, 11) is -0.361. The van der Waals surface area contributed by atoms with Gasteiger partial charge in [-0.2, -0.15) is 0 Å². The maximum absolute atomic E-state index is 6.21. The highest BCUT2D eigenvalue weighted by Gasteiger charge is 2.51. The first-order chi connectivity index (χ1) is 12.2. The van der Waals surface area contributed by atoms with Crippen LogP contribution in [0.1, 0.15) is 53.2 Å². The molecule has 4 heteroatoms. The fourth-order valence-electron chi connectivity index (χ4n) is 3.57. The van der Waals surface area contributed by atoms with E-state index in [9.17, 15) is 0 Å². The molecule has 0 atom stereocenters. The predicted molar refractivity (Wildman–Crippen MR) is 109 cm³/mol. The summed E-state index contributed by atoms with van der Waals surface area (Å²) in [6.45, 7) is 12.7. The summed E-state index contributed by atoms with van der Waals surface area (Å²) < 4.78 is 12.4. The average molecular weight is 347 g/mol. The highest BCUT2D eigenvalue weighted by Crippen LogP contribution is 2.37. The second-order valence-corrected chi connectivity index (χ2v) is 8.56. The Morgan fingerprint density at radius 1 is 0.846 bits per heavy atom. The van der Waals surface area contributed by atoms with Crippen LogP contribution in [0.3, 0.4) is 0 Å². The van der Waals surface area contributed by atoms with E-state index in [4.69, 9.17) is 14.3 Å². The first-order valence-electron chi connectivity index (χ1n) is 9.37. The van der Waals surface area contributed by atoms with Crippen LogP contribution in [0.2, 0.25) is 0 Å². The maximum atomic E-state index is 6.21. The number of benzene rings is 2. The van der Waals surface area contributed by atoms with Crippen LogP contribution in [0.15, 0.2) is 42.5 Å². The Morgan fingerprint density at radius 2 is 1.46 bits per heavy atom. The lowest BCUT2D eigenvalue weighted by Gasteiger charge is -2.32. The third-order valence-corrected chi connectivity index (χ3v) is 5.83. The fourth-order valence-corrected chi connectivity index (χ4v) is 3.57. The molecule has 1 aliphatic heterocycles. The first-order valence-corrected chi connectivity index (χ1v) is 9.37. The molecule has 134 valence electrons. The number of rotatable bonds is 2. The number of nitrogens with zero attached hydrogens (tertiary/aromatic N) is 1. The molecule has 0 spiro atoms.